The van der Waals surface area contributed by atoms with Crippen LogP contribution in [0.25, 0.3) is 6.08 Å². The predicted molar refractivity (Wildman–Crippen MR) is 128 cm³/mol. The molecule has 0 aliphatic carbocycles. The minimum absolute atomic E-state index is 0.0617. The Morgan fingerprint density at radius 3 is 2.48 bits per heavy atom. The molecule has 0 aromatic heterocycles. The van der Waals surface area contributed by atoms with Crippen LogP contribution in [0.4, 0.5) is 0 Å². The van der Waals surface area contributed by atoms with Gasteiger partial charge in [0.2, 0.25) is 0 Å². The molecule has 7 heteroatoms. The smallest absolute Gasteiger partial charge is 0.290 e. The average Bonchev–Trinajstić information content (AvgIpc) is 3.09. The molecule has 1 amide bonds. The molecule has 4 rings (SSSR count). The van der Waals surface area contributed by atoms with Crippen LogP contribution >= 0.6 is 11.6 Å². The van der Waals surface area contributed by atoms with E-state index >= 15 is 0 Å². The summed E-state index contributed by atoms with van der Waals surface area (Å²) < 4.78 is 5.39. The number of halogens is 1. The molecule has 2 aromatic rings. The van der Waals surface area contributed by atoms with Crippen molar-refractivity contribution < 1.29 is 19.4 Å². The van der Waals surface area contributed by atoms with Crippen molar-refractivity contribution in [3.05, 3.63) is 88.2 Å². The lowest BCUT2D eigenvalue weighted by Crippen LogP contribution is -2.39. The number of rotatable bonds is 8. The first-order valence-electron chi connectivity index (χ1n) is 11.1. The number of hydrogen-bond acceptors (Lipinski definition) is 5. The van der Waals surface area contributed by atoms with E-state index in [-0.39, 0.29) is 5.57 Å². The van der Waals surface area contributed by atoms with Crippen LogP contribution in [0.15, 0.2) is 72.0 Å². The summed E-state index contributed by atoms with van der Waals surface area (Å²) in [6, 6.07) is 15.8. The molecule has 6 nitrogen and oxygen atoms in total. The van der Waals surface area contributed by atoms with Gasteiger partial charge in [0, 0.05) is 31.2 Å². The molecule has 2 aromatic carbocycles. The van der Waals surface area contributed by atoms with Gasteiger partial charge >= 0.3 is 0 Å². The number of nitrogens with zero attached hydrogens (tertiary/aromatic N) is 2. The number of allylic oxidation sites excluding steroid dienone is 1. The topological polar surface area (TPSA) is 70.1 Å². The van der Waals surface area contributed by atoms with Crippen molar-refractivity contribution in [3.63, 3.8) is 0 Å². The third-order valence-corrected chi connectivity index (χ3v) is 6.32. The lowest BCUT2D eigenvalue weighted by Gasteiger charge is -2.30. The maximum absolute atomic E-state index is 13.2. The van der Waals surface area contributed by atoms with E-state index in [4.69, 9.17) is 16.3 Å². The summed E-state index contributed by atoms with van der Waals surface area (Å²) in [7, 11) is 0. The highest BCUT2D eigenvalue weighted by Gasteiger charge is 2.43. The zero-order chi connectivity index (χ0) is 23.2. The van der Waals surface area contributed by atoms with Crippen molar-refractivity contribution in [1.82, 2.24) is 9.80 Å². The monoisotopic (exact) mass is 466 g/mol. The first kappa shape index (κ1) is 23.2. The Balaban J connectivity index is 1.58. The van der Waals surface area contributed by atoms with Gasteiger partial charge in [-0.2, -0.15) is 0 Å². The highest BCUT2D eigenvalue weighted by Crippen LogP contribution is 2.40. The Bertz CT molecular complexity index is 1060. The summed E-state index contributed by atoms with van der Waals surface area (Å²) in [5.41, 5.74) is 1.54. The third-order valence-electron chi connectivity index (χ3n) is 5.97. The van der Waals surface area contributed by atoms with Gasteiger partial charge in [-0.05, 0) is 29.7 Å². The number of ketones is 1. The molecular weight excluding hydrogens is 440 g/mol. The molecule has 1 atom stereocenters. The van der Waals surface area contributed by atoms with Crippen LogP contribution in [-0.2, 0) is 14.3 Å². The van der Waals surface area contributed by atoms with E-state index in [2.05, 4.69) is 4.90 Å². The van der Waals surface area contributed by atoms with Crippen LogP contribution in [0.2, 0.25) is 5.02 Å². The van der Waals surface area contributed by atoms with Crippen molar-refractivity contribution in [1.29, 1.82) is 0 Å². The number of ether oxygens (including phenoxy) is 1. The standard InChI is InChI=1S/C26H27ClN2O4/c27-21-10-5-4-9-20(21)24-23(22(30)12-11-19-7-2-1-3-8-19)25(31)26(32)29(24)14-6-13-28-15-17-33-18-16-28/h1-5,7-12,24,31H,6,13-18H2/b12-11+. The molecule has 33 heavy (non-hydrogen) atoms. The number of aliphatic hydroxyl groups is 1. The number of morpholine rings is 1. The second kappa shape index (κ2) is 10.8. The van der Waals surface area contributed by atoms with Crippen molar-refractivity contribution >= 4 is 29.4 Å². The zero-order valence-electron chi connectivity index (χ0n) is 18.3. The molecule has 0 radical (unpaired) electrons. The van der Waals surface area contributed by atoms with Crippen LogP contribution in [-0.4, -0.2) is 66.0 Å². The highest BCUT2D eigenvalue weighted by atomic mass is 35.5. The second-order valence-corrected chi connectivity index (χ2v) is 8.51. The normalized spacial score (nSPS) is 19.6. The fourth-order valence-electron chi connectivity index (χ4n) is 4.27. The van der Waals surface area contributed by atoms with Crippen LogP contribution in [0.1, 0.15) is 23.6 Å². The quantitative estimate of drug-likeness (QED) is 0.594. The molecule has 1 fully saturated rings. The second-order valence-electron chi connectivity index (χ2n) is 8.10. The van der Waals surface area contributed by atoms with Gasteiger partial charge in [-0.3, -0.25) is 14.5 Å². The van der Waals surface area contributed by atoms with Crippen LogP contribution in [0, 0.1) is 0 Å². The van der Waals surface area contributed by atoms with E-state index < -0.39 is 23.5 Å². The first-order valence-corrected chi connectivity index (χ1v) is 11.5. The number of amides is 1. The summed E-state index contributed by atoms with van der Waals surface area (Å²) in [6.07, 6.45) is 3.79. The van der Waals surface area contributed by atoms with Crippen LogP contribution < -0.4 is 0 Å². The lowest BCUT2D eigenvalue weighted by molar-refractivity contribution is -0.129. The Morgan fingerprint density at radius 1 is 1.06 bits per heavy atom. The molecule has 0 spiro atoms. The van der Waals surface area contributed by atoms with Gasteiger partial charge in [-0.25, -0.2) is 0 Å². The van der Waals surface area contributed by atoms with Gasteiger partial charge in [0.25, 0.3) is 5.91 Å². The lowest BCUT2D eigenvalue weighted by atomic mass is 9.95. The first-order chi connectivity index (χ1) is 16.1. The van der Waals surface area contributed by atoms with E-state index in [9.17, 15) is 14.7 Å². The van der Waals surface area contributed by atoms with E-state index in [1.54, 1.807) is 29.2 Å². The van der Waals surface area contributed by atoms with Gasteiger partial charge in [-0.1, -0.05) is 66.2 Å². The molecule has 2 aliphatic rings. The van der Waals surface area contributed by atoms with Gasteiger partial charge in [0.1, 0.15) is 0 Å². The maximum atomic E-state index is 13.2. The zero-order valence-corrected chi connectivity index (χ0v) is 19.1. The number of aliphatic hydroxyl groups excluding tert-OH is 1. The summed E-state index contributed by atoms with van der Waals surface area (Å²) in [5, 5.41) is 11.2. The van der Waals surface area contributed by atoms with E-state index in [0.29, 0.717) is 36.8 Å². The van der Waals surface area contributed by atoms with E-state index in [1.807, 2.05) is 36.4 Å². The summed E-state index contributed by atoms with van der Waals surface area (Å²) >= 11 is 6.47. The maximum Gasteiger partial charge on any atom is 0.290 e. The Hall–Kier alpha value is -2.93. The van der Waals surface area contributed by atoms with E-state index in [1.165, 1.54) is 6.08 Å². The average molecular weight is 467 g/mol. The third kappa shape index (κ3) is 5.36. The molecular formula is C26H27ClN2O4. The fourth-order valence-corrected chi connectivity index (χ4v) is 4.51. The Morgan fingerprint density at radius 2 is 1.76 bits per heavy atom. The van der Waals surface area contributed by atoms with Gasteiger partial charge in [-0.15, -0.1) is 0 Å². The minimum Gasteiger partial charge on any atom is -0.503 e. The minimum atomic E-state index is -0.733. The van der Waals surface area contributed by atoms with E-state index in [0.717, 1.165) is 25.2 Å². The largest absolute Gasteiger partial charge is 0.503 e. The Kier molecular flexibility index (Phi) is 7.60. The number of benzene rings is 2. The number of carbonyl (C=O) groups excluding carboxylic acids is 2. The summed E-state index contributed by atoms with van der Waals surface area (Å²) in [6.45, 7) is 4.34. The van der Waals surface area contributed by atoms with Gasteiger partial charge in [0.15, 0.2) is 11.5 Å². The molecule has 2 aliphatic heterocycles. The number of hydrogen-bond donors (Lipinski definition) is 1. The van der Waals surface area contributed by atoms with Crippen LogP contribution in [0.3, 0.4) is 0 Å². The van der Waals surface area contributed by atoms with Gasteiger partial charge < -0.3 is 14.7 Å². The van der Waals surface area contributed by atoms with Crippen molar-refractivity contribution in [2.45, 2.75) is 12.5 Å². The highest BCUT2D eigenvalue weighted by molar-refractivity contribution is 6.31. The molecule has 1 unspecified atom stereocenters. The van der Waals surface area contributed by atoms with Crippen molar-refractivity contribution in [2.24, 2.45) is 0 Å². The van der Waals surface area contributed by atoms with Crippen molar-refractivity contribution in [2.75, 3.05) is 39.4 Å². The fraction of sp³-hybridized carbons (Fsp3) is 0.308. The van der Waals surface area contributed by atoms with Gasteiger partial charge in [0.05, 0.1) is 24.8 Å². The molecule has 0 bridgehead atoms. The SMILES string of the molecule is O=C(/C=C/c1ccccc1)C1=C(O)C(=O)N(CCCN2CCOCC2)C1c1ccccc1Cl. The molecule has 0 saturated carbocycles. The molecule has 2 heterocycles. The summed E-state index contributed by atoms with van der Waals surface area (Å²) in [5.74, 6) is -1.46. The van der Waals surface area contributed by atoms with Crippen molar-refractivity contribution in [3.8, 4) is 0 Å². The summed E-state index contributed by atoms with van der Waals surface area (Å²) in [4.78, 5) is 30.1. The Labute approximate surface area is 198 Å². The molecule has 172 valence electrons. The van der Waals surface area contributed by atoms with Crippen LogP contribution in [0.5, 0.6) is 0 Å². The number of carbonyl (C=O) groups is 2. The molecule has 1 saturated heterocycles. The predicted octanol–water partition coefficient (Wildman–Crippen LogP) is 4.04. The molecule has 1 N–H and O–H groups in total.